The molecule has 0 saturated carbocycles. The van der Waals surface area contributed by atoms with Crippen molar-refractivity contribution in [2.45, 2.75) is 317 Å². The summed E-state index contributed by atoms with van der Waals surface area (Å²) in [4.78, 5) is 13.2. The van der Waals surface area contributed by atoms with Gasteiger partial charge >= 0.3 is 0 Å². The Kier molecular flexibility index (Phi) is 38.9. The van der Waals surface area contributed by atoms with Gasteiger partial charge in [0.15, 0.2) is 18.9 Å². The van der Waals surface area contributed by atoms with Crippen LogP contribution in [0.2, 0.25) is 0 Å². The minimum absolute atomic E-state index is 0.238. The molecule has 17 unspecified atom stereocenters. The summed E-state index contributed by atoms with van der Waals surface area (Å²) in [6.45, 7) is 1.68. The fourth-order valence-corrected chi connectivity index (χ4v) is 10.4. The monoisotopic (exact) mass is 1120 g/mol. The maximum atomic E-state index is 13.2. The summed E-state index contributed by atoms with van der Waals surface area (Å²) >= 11 is 0. The molecule has 3 fully saturated rings. The normalized spacial score (nSPS) is 30.6. The first kappa shape index (κ1) is 70.5. The molecule has 0 aliphatic carbocycles. The highest BCUT2D eigenvalue weighted by Crippen LogP contribution is 2.33. The van der Waals surface area contributed by atoms with Crippen molar-refractivity contribution >= 4 is 5.91 Å². The highest BCUT2D eigenvalue weighted by atomic mass is 16.8. The molecule has 1 amide bonds. The Morgan fingerprint density at radius 3 is 1.28 bits per heavy atom. The van der Waals surface area contributed by atoms with Crippen LogP contribution in [0.3, 0.4) is 0 Å². The van der Waals surface area contributed by atoms with Gasteiger partial charge in [-0.1, -0.05) is 199 Å². The minimum atomic E-state index is -1.98. The fraction of sp³-hybridized carbons (Fsp3) is 0.915. The Balaban J connectivity index is 1.46. The van der Waals surface area contributed by atoms with Gasteiger partial charge < -0.3 is 89.9 Å². The van der Waals surface area contributed by atoms with Crippen LogP contribution in [0, 0.1) is 0 Å². The molecule has 0 radical (unpaired) electrons. The van der Waals surface area contributed by atoms with Crippen molar-refractivity contribution in [3.05, 3.63) is 24.3 Å². The van der Waals surface area contributed by atoms with Crippen LogP contribution in [0.5, 0.6) is 0 Å². The van der Waals surface area contributed by atoms with Gasteiger partial charge in [0, 0.05) is 6.42 Å². The first-order chi connectivity index (χ1) is 37.8. The summed E-state index contributed by atoms with van der Waals surface area (Å²) in [5.74, 6) is -0.288. The molecule has 17 atom stereocenters. The number of rotatable bonds is 45. The maximum Gasteiger partial charge on any atom is 0.220 e. The zero-order chi connectivity index (χ0) is 56.9. The fourth-order valence-electron chi connectivity index (χ4n) is 10.4. The zero-order valence-corrected chi connectivity index (χ0v) is 47.7. The van der Waals surface area contributed by atoms with E-state index in [4.69, 9.17) is 28.4 Å². The average molecular weight is 1120 g/mol. The molecule has 0 bridgehead atoms. The highest BCUT2D eigenvalue weighted by Gasteiger charge is 2.53. The first-order valence-electron chi connectivity index (χ1n) is 30.6. The SMILES string of the molecule is CCCCCCCCCCCCCCCCCCCC/C=C/CC/C=C/C(O)C(COC1OC(CO)C(OC2OC(CO)C(OC3OC(CO)C(O)C(O)C3O)C(O)C2O)C(O)C1O)NC(=O)CCCCCCCCCCC. The zero-order valence-electron chi connectivity index (χ0n) is 47.7. The average Bonchev–Trinajstić information content (AvgIpc) is 3.43. The molecular formula is C59H109NO18. The second kappa shape index (κ2) is 43.0. The number of hydrogen-bond donors (Lipinski definition) is 12. The van der Waals surface area contributed by atoms with E-state index in [0.717, 1.165) is 38.5 Å². The lowest BCUT2D eigenvalue weighted by Gasteiger charge is -2.48. The van der Waals surface area contributed by atoms with E-state index >= 15 is 0 Å². The quantitative estimate of drug-likeness (QED) is 0.0263. The lowest BCUT2D eigenvalue weighted by Crippen LogP contribution is -2.66. The standard InChI is InChI=1S/C59H109NO18/c1-3-5-7-9-11-13-14-15-16-17-18-19-20-21-22-23-24-25-26-27-29-30-32-34-36-43(64)42(60-47(65)37-35-33-31-28-12-10-8-6-4-2)41-73-57-53(71)50(68)55(45(39-62)75-57)78-59-54(72)51(69)56(46(40-63)76-59)77-58-52(70)49(67)48(66)44(38-61)74-58/h27,29,34,36,42-46,48-59,61-64,66-72H,3-26,28,30-33,35,37-41H2,1-2H3,(H,60,65)/b29-27+,36-34+. The van der Waals surface area contributed by atoms with E-state index < -0.39 is 124 Å². The molecule has 0 aromatic carbocycles. The van der Waals surface area contributed by atoms with Gasteiger partial charge in [-0.25, -0.2) is 0 Å². The molecule has 3 aliphatic heterocycles. The van der Waals surface area contributed by atoms with Crippen LogP contribution in [-0.2, 0) is 33.2 Å². The van der Waals surface area contributed by atoms with E-state index in [9.17, 15) is 61.0 Å². The van der Waals surface area contributed by atoms with E-state index in [1.54, 1.807) is 6.08 Å². The number of nitrogens with one attached hydrogen (secondary N) is 1. The lowest BCUT2D eigenvalue weighted by molar-refractivity contribution is -0.379. The summed E-state index contributed by atoms with van der Waals surface area (Å²) in [7, 11) is 0. The van der Waals surface area contributed by atoms with E-state index in [-0.39, 0.29) is 18.9 Å². The summed E-state index contributed by atoms with van der Waals surface area (Å²) in [5.41, 5.74) is 0. The number of aliphatic hydroxyl groups is 11. The van der Waals surface area contributed by atoms with Crippen molar-refractivity contribution < 1.29 is 89.4 Å². The minimum Gasteiger partial charge on any atom is -0.394 e. The molecule has 0 aromatic heterocycles. The second-order valence-corrected chi connectivity index (χ2v) is 22.2. The summed E-state index contributed by atoms with van der Waals surface area (Å²) in [5, 5.41) is 120. The first-order valence-corrected chi connectivity index (χ1v) is 30.6. The van der Waals surface area contributed by atoms with E-state index in [2.05, 4.69) is 31.3 Å². The number of carbonyl (C=O) groups excluding carboxylic acids is 1. The smallest absolute Gasteiger partial charge is 0.220 e. The predicted molar refractivity (Wildman–Crippen MR) is 296 cm³/mol. The van der Waals surface area contributed by atoms with Gasteiger partial charge in [0.1, 0.15) is 73.2 Å². The van der Waals surface area contributed by atoms with Crippen LogP contribution in [0.15, 0.2) is 24.3 Å². The number of unbranched alkanes of at least 4 members (excludes halogenated alkanes) is 27. The number of ether oxygens (including phenoxy) is 6. The van der Waals surface area contributed by atoms with Gasteiger partial charge in [0.2, 0.25) is 5.91 Å². The van der Waals surface area contributed by atoms with Gasteiger partial charge in [-0.15, -0.1) is 0 Å². The Morgan fingerprint density at radius 2 is 0.821 bits per heavy atom. The van der Waals surface area contributed by atoms with Gasteiger partial charge in [0.25, 0.3) is 0 Å². The molecule has 0 aromatic rings. The van der Waals surface area contributed by atoms with E-state index in [1.807, 2.05) is 6.08 Å². The molecule has 19 heteroatoms. The summed E-state index contributed by atoms with van der Waals surface area (Å²) < 4.78 is 34.2. The van der Waals surface area contributed by atoms with Crippen LogP contribution in [0.4, 0.5) is 0 Å². The van der Waals surface area contributed by atoms with Crippen molar-refractivity contribution in [1.82, 2.24) is 5.32 Å². The number of amides is 1. The highest BCUT2D eigenvalue weighted by molar-refractivity contribution is 5.76. The third kappa shape index (κ3) is 26.7. The number of carbonyl (C=O) groups is 1. The third-order valence-corrected chi connectivity index (χ3v) is 15.5. The lowest BCUT2D eigenvalue weighted by atomic mass is 9.96. The molecule has 3 rings (SSSR count). The maximum absolute atomic E-state index is 13.2. The number of aliphatic hydroxyl groups excluding tert-OH is 11. The number of hydrogen-bond acceptors (Lipinski definition) is 18. The van der Waals surface area contributed by atoms with E-state index in [0.29, 0.717) is 12.8 Å². The second-order valence-electron chi connectivity index (χ2n) is 22.2. The molecule has 3 heterocycles. The molecule has 12 N–H and O–H groups in total. The predicted octanol–water partition coefficient (Wildman–Crippen LogP) is 5.54. The van der Waals surface area contributed by atoms with Crippen molar-refractivity contribution in [3.63, 3.8) is 0 Å². The molecule has 458 valence electrons. The Hall–Kier alpha value is -1.73. The topological polar surface area (TPSA) is 307 Å². The Labute approximate surface area is 467 Å². The van der Waals surface area contributed by atoms with Crippen molar-refractivity contribution in [2.24, 2.45) is 0 Å². The van der Waals surface area contributed by atoms with Gasteiger partial charge in [0.05, 0.1) is 38.6 Å². The van der Waals surface area contributed by atoms with Crippen LogP contribution in [0.25, 0.3) is 0 Å². The largest absolute Gasteiger partial charge is 0.394 e. The van der Waals surface area contributed by atoms with Crippen LogP contribution in [0.1, 0.15) is 213 Å². The molecule has 19 nitrogen and oxygen atoms in total. The number of allylic oxidation sites excluding steroid dienone is 3. The van der Waals surface area contributed by atoms with Crippen molar-refractivity contribution in [3.8, 4) is 0 Å². The summed E-state index contributed by atoms with van der Waals surface area (Å²) in [6, 6.07) is -0.984. The van der Waals surface area contributed by atoms with Crippen molar-refractivity contribution in [1.29, 1.82) is 0 Å². The molecular weight excluding hydrogens is 1010 g/mol. The summed E-state index contributed by atoms with van der Waals surface area (Å²) in [6.07, 6.45) is 17.7. The van der Waals surface area contributed by atoms with Crippen LogP contribution in [-0.4, -0.2) is 193 Å². The van der Waals surface area contributed by atoms with Gasteiger partial charge in [-0.05, 0) is 32.1 Å². The molecule has 3 saturated heterocycles. The molecule has 0 spiro atoms. The third-order valence-electron chi connectivity index (χ3n) is 15.5. The Bertz CT molecular complexity index is 1530. The van der Waals surface area contributed by atoms with Gasteiger partial charge in [-0.2, -0.15) is 0 Å². The van der Waals surface area contributed by atoms with Crippen LogP contribution < -0.4 is 5.32 Å². The van der Waals surface area contributed by atoms with Crippen LogP contribution >= 0.6 is 0 Å². The van der Waals surface area contributed by atoms with Crippen molar-refractivity contribution in [2.75, 3.05) is 26.4 Å². The van der Waals surface area contributed by atoms with Gasteiger partial charge in [-0.3, -0.25) is 4.79 Å². The molecule has 78 heavy (non-hydrogen) atoms. The molecule has 3 aliphatic rings. The Morgan fingerprint density at radius 1 is 0.449 bits per heavy atom. The van der Waals surface area contributed by atoms with E-state index in [1.165, 1.54) is 141 Å².